The van der Waals surface area contributed by atoms with Crippen LogP contribution in [0, 0.1) is 6.92 Å². The van der Waals surface area contributed by atoms with Gasteiger partial charge in [0.15, 0.2) is 5.76 Å². The highest BCUT2D eigenvalue weighted by atomic mass is 79.9. The summed E-state index contributed by atoms with van der Waals surface area (Å²) in [5.41, 5.74) is 0.558. The average molecular weight is 349 g/mol. The normalized spacial score (nSPS) is 10.7. The molecule has 84 valence electrons. The van der Waals surface area contributed by atoms with Gasteiger partial charge in [-0.05, 0) is 38.8 Å². The Morgan fingerprint density at radius 1 is 1.50 bits per heavy atom. The van der Waals surface area contributed by atoms with E-state index >= 15 is 0 Å². The summed E-state index contributed by atoms with van der Waals surface area (Å²) in [6, 6.07) is 1.77. The quantitative estimate of drug-likeness (QED) is 0.834. The first-order valence-corrected chi connectivity index (χ1v) is 6.00. The van der Waals surface area contributed by atoms with Crippen molar-refractivity contribution < 1.29 is 4.52 Å². The summed E-state index contributed by atoms with van der Waals surface area (Å²) >= 11 is 6.39. The van der Waals surface area contributed by atoms with E-state index in [-0.39, 0.29) is 12.1 Å². The minimum absolute atomic E-state index is 0.219. The third kappa shape index (κ3) is 2.25. The summed E-state index contributed by atoms with van der Waals surface area (Å²) in [6.07, 6.45) is 1.55. The Hall–Kier alpha value is -0.950. The van der Waals surface area contributed by atoms with Crippen LogP contribution in [0.15, 0.2) is 30.5 Å². The van der Waals surface area contributed by atoms with E-state index in [9.17, 15) is 4.79 Å². The zero-order valence-electron chi connectivity index (χ0n) is 8.28. The number of aryl methyl sites for hydroxylation is 1. The van der Waals surface area contributed by atoms with Gasteiger partial charge < -0.3 is 4.52 Å². The summed E-state index contributed by atoms with van der Waals surface area (Å²) in [4.78, 5) is 11.8. The molecule has 2 aromatic heterocycles. The van der Waals surface area contributed by atoms with Crippen LogP contribution in [0.5, 0.6) is 0 Å². The maximum atomic E-state index is 11.8. The van der Waals surface area contributed by atoms with Crippen molar-refractivity contribution in [3.05, 3.63) is 43.0 Å². The van der Waals surface area contributed by atoms with Gasteiger partial charge in [0.05, 0.1) is 16.4 Å². The van der Waals surface area contributed by atoms with Crippen LogP contribution in [0.2, 0.25) is 0 Å². The Morgan fingerprint density at radius 2 is 2.25 bits per heavy atom. The molecule has 0 unspecified atom stereocenters. The zero-order chi connectivity index (χ0) is 11.7. The van der Waals surface area contributed by atoms with Gasteiger partial charge in [0.1, 0.15) is 11.0 Å². The maximum Gasteiger partial charge on any atom is 0.282 e. The fourth-order valence-corrected chi connectivity index (χ4v) is 1.76. The van der Waals surface area contributed by atoms with Crippen LogP contribution < -0.4 is 5.56 Å². The number of hydrogen-bond acceptors (Lipinski definition) is 4. The van der Waals surface area contributed by atoms with E-state index in [1.165, 1.54) is 4.68 Å². The molecular weight excluding hydrogens is 342 g/mol. The lowest BCUT2D eigenvalue weighted by Gasteiger charge is -2.02. The largest absolute Gasteiger partial charge is 0.359 e. The van der Waals surface area contributed by atoms with E-state index in [4.69, 9.17) is 4.52 Å². The van der Waals surface area contributed by atoms with Crippen LogP contribution in [-0.2, 0) is 6.54 Å². The van der Waals surface area contributed by atoms with Gasteiger partial charge >= 0.3 is 0 Å². The van der Waals surface area contributed by atoms with Crippen molar-refractivity contribution >= 4 is 31.9 Å². The molecule has 0 saturated heterocycles. The van der Waals surface area contributed by atoms with Gasteiger partial charge in [-0.3, -0.25) is 4.79 Å². The van der Waals surface area contributed by atoms with Crippen molar-refractivity contribution in [1.82, 2.24) is 14.9 Å². The van der Waals surface area contributed by atoms with Crippen molar-refractivity contribution in [2.75, 3.05) is 0 Å². The van der Waals surface area contributed by atoms with E-state index < -0.39 is 0 Å². The highest BCUT2D eigenvalue weighted by Gasteiger charge is 2.09. The molecule has 0 aliphatic carbocycles. The van der Waals surface area contributed by atoms with Crippen molar-refractivity contribution in [2.24, 2.45) is 0 Å². The van der Waals surface area contributed by atoms with Crippen molar-refractivity contribution in [1.29, 1.82) is 0 Å². The van der Waals surface area contributed by atoms with E-state index in [1.54, 1.807) is 12.3 Å². The summed E-state index contributed by atoms with van der Waals surface area (Å²) in [5, 5.41) is 7.73. The molecular formula is C9H7Br2N3O2. The van der Waals surface area contributed by atoms with Crippen LogP contribution in [0.4, 0.5) is 0 Å². The van der Waals surface area contributed by atoms with Crippen molar-refractivity contribution in [3.63, 3.8) is 0 Å². The van der Waals surface area contributed by atoms with Gasteiger partial charge in [0, 0.05) is 6.07 Å². The molecule has 0 aliphatic rings. The monoisotopic (exact) mass is 347 g/mol. The van der Waals surface area contributed by atoms with Gasteiger partial charge in [0.2, 0.25) is 0 Å². The highest BCUT2D eigenvalue weighted by molar-refractivity contribution is 9.13. The first-order chi connectivity index (χ1) is 7.58. The molecule has 0 radical (unpaired) electrons. The molecule has 0 atom stereocenters. The number of aromatic nitrogens is 3. The summed E-state index contributed by atoms with van der Waals surface area (Å²) in [6.45, 7) is 2.09. The standard InChI is InChI=1S/C9H7Br2N3O2/c1-5-2-6(16-13-5)4-14-9(15)8(11)7(10)3-12-14/h2-3H,4H2,1H3. The van der Waals surface area contributed by atoms with E-state index in [0.29, 0.717) is 14.7 Å². The number of nitrogens with zero attached hydrogens (tertiary/aromatic N) is 3. The smallest absolute Gasteiger partial charge is 0.282 e. The summed E-state index contributed by atoms with van der Waals surface area (Å²) in [7, 11) is 0. The SMILES string of the molecule is Cc1cc(Cn2ncc(Br)c(Br)c2=O)on1. The molecule has 0 saturated carbocycles. The van der Waals surface area contributed by atoms with Crippen LogP contribution in [-0.4, -0.2) is 14.9 Å². The van der Waals surface area contributed by atoms with Gasteiger partial charge in [-0.25, -0.2) is 4.68 Å². The summed E-state index contributed by atoms with van der Waals surface area (Å²) in [5.74, 6) is 0.598. The lowest BCUT2D eigenvalue weighted by molar-refractivity contribution is 0.365. The molecule has 0 fully saturated rings. The van der Waals surface area contributed by atoms with Crippen LogP contribution in [0.3, 0.4) is 0 Å². The van der Waals surface area contributed by atoms with E-state index in [0.717, 1.165) is 5.69 Å². The zero-order valence-corrected chi connectivity index (χ0v) is 11.4. The minimum atomic E-state index is -0.219. The molecule has 0 aromatic carbocycles. The first-order valence-electron chi connectivity index (χ1n) is 4.41. The van der Waals surface area contributed by atoms with Crippen molar-refractivity contribution in [3.8, 4) is 0 Å². The second kappa shape index (κ2) is 4.50. The topological polar surface area (TPSA) is 60.9 Å². The highest BCUT2D eigenvalue weighted by Crippen LogP contribution is 2.16. The average Bonchev–Trinajstić information content (AvgIpc) is 2.65. The molecule has 0 bridgehead atoms. The number of halogens is 2. The second-order valence-corrected chi connectivity index (χ2v) is 4.85. The molecule has 0 spiro atoms. The molecule has 2 rings (SSSR count). The minimum Gasteiger partial charge on any atom is -0.359 e. The molecule has 0 N–H and O–H groups in total. The molecule has 16 heavy (non-hydrogen) atoms. The maximum absolute atomic E-state index is 11.8. The Kier molecular flexibility index (Phi) is 3.25. The van der Waals surface area contributed by atoms with Gasteiger partial charge in [-0.15, -0.1) is 0 Å². The fraction of sp³-hybridized carbons (Fsp3) is 0.222. The first kappa shape index (κ1) is 11.5. The fourth-order valence-electron chi connectivity index (χ4n) is 1.20. The third-order valence-corrected chi connectivity index (χ3v) is 3.82. The number of rotatable bonds is 2. The number of hydrogen-bond donors (Lipinski definition) is 0. The third-order valence-electron chi connectivity index (χ3n) is 1.92. The molecule has 2 aromatic rings. The lowest BCUT2D eigenvalue weighted by Crippen LogP contribution is -2.23. The Labute approximate surface area is 108 Å². The van der Waals surface area contributed by atoms with Gasteiger partial charge in [0.25, 0.3) is 5.56 Å². The predicted molar refractivity (Wildman–Crippen MR) is 64.2 cm³/mol. The predicted octanol–water partition coefficient (Wildman–Crippen LogP) is 2.11. The lowest BCUT2D eigenvalue weighted by atomic mass is 10.4. The van der Waals surface area contributed by atoms with E-state index in [2.05, 4.69) is 42.1 Å². The second-order valence-electron chi connectivity index (χ2n) is 3.20. The molecule has 7 heteroatoms. The van der Waals surface area contributed by atoms with Crippen LogP contribution in [0.25, 0.3) is 0 Å². The molecule has 5 nitrogen and oxygen atoms in total. The Morgan fingerprint density at radius 3 is 2.88 bits per heavy atom. The van der Waals surface area contributed by atoms with Gasteiger partial charge in [-0.2, -0.15) is 5.10 Å². The van der Waals surface area contributed by atoms with Crippen LogP contribution in [0.1, 0.15) is 11.5 Å². The van der Waals surface area contributed by atoms with Crippen LogP contribution >= 0.6 is 31.9 Å². The molecule has 2 heterocycles. The molecule has 0 amide bonds. The Bertz CT molecular complexity index is 576. The van der Waals surface area contributed by atoms with Crippen molar-refractivity contribution in [2.45, 2.75) is 13.5 Å². The van der Waals surface area contributed by atoms with Gasteiger partial charge in [-0.1, -0.05) is 5.16 Å². The van der Waals surface area contributed by atoms with E-state index in [1.807, 2.05) is 6.92 Å². The summed E-state index contributed by atoms with van der Waals surface area (Å²) < 4.78 is 7.39. The molecule has 0 aliphatic heterocycles. The Balaban J connectivity index is 2.36.